The van der Waals surface area contributed by atoms with E-state index in [0.29, 0.717) is 4.47 Å². The Morgan fingerprint density at radius 1 is 0.682 bits per heavy atom. The summed E-state index contributed by atoms with van der Waals surface area (Å²) in [5, 5.41) is 0. The van der Waals surface area contributed by atoms with E-state index in [-0.39, 0.29) is 9.79 Å². The fourth-order valence-electron chi connectivity index (χ4n) is 1.22. The molecule has 0 amide bonds. The van der Waals surface area contributed by atoms with Gasteiger partial charge in [0.05, 0.1) is 9.79 Å². The Labute approximate surface area is 154 Å². The summed E-state index contributed by atoms with van der Waals surface area (Å²) in [6.07, 6.45) is 0. The van der Waals surface area contributed by atoms with Gasteiger partial charge >= 0.3 is 0 Å². The monoisotopic (exact) mass is 508 g/mol. The van der Waals surface area contributed by atoms with E-state index in [2.05, 4.69) is 31.9 Å². The van der Waals surface area contributed by atoms with Gasteiger partial charge in [-0.25, -0.2) is 16.8 Å². The molecule has 0 fully saturated rings. The maximum atomic E-state index is 10.7. The predicted molar refractivity (Wildman–Crippen MR) is 94.4 cm³/mol. The van der Waals surface area contributed by atoms with Gasteiger partial charge in [-0.2, -0.15) is 0 Å². The maximum absolute atomic E-state index is 10.7. The van der Waals surface area contributed by atoms with E-state index in [9.17, 15) is 16.8 Å². The second-order valence-corrected chi connectivity index (χ2v) is 10.8. The highest BCUT2D eigenvalue weighted by molar-refractivity contribution is 9.10. The molecule has 22 heavy (non-hydrogen) atoms. The molecule has 0 aliphatic carbocycles. The number of benzene rings is 2. The first-order chi connectivity index (χ1) is 10.00. The molecule has 2 rings (SSSR count). The number of hydrogen-bond acceptors (Lipinski definition) is 4. The third-order valence-electron chi connectivity index (χ3n) is 2.17. The fourth-order valence-corrected chi connectivity index (χ4v) is 3.60. The summed E-state index contributed by atoms with van der Waals surface area (Å²) in [6.45, 7) is 0. The van der Waals surface area contributed by atoms with E-state index in [1.165, 1.54) is 24.3 Å². The molecule has 120 valence electrons. The summed E-state index contributed by atoms with van der Waals surface area (Å²) in [7, 11) is 3.00. The van der Waals surface area contributed by atoms with Gasteiger partial charge in [-0.1, -0.05) is 37.9 Å². The van der Waals surface area contributed by atoms with Crippen molar-refractivity contribution < 1.29 is 16.8 Å². The van der Waals surface area contributed by atoms with Gasteiger partial charge in [0.1, 0.15) is 0 Å². The van der Waals surface area contributed by atoms with E-state index >= 15 is 0 Å². The van der Waals surface area contributed by atoms with Gasteiger partial charge in [0.15, 0.2) is 0 Å². The second-order valence-electron chi connectivity index (χ2n) is 3.79. The van der Waals surface area contributed by atoms with Crippen molar-refractivity contribution in [2.45, 2.75) is 9.79 Å². The quantitative estimate of drug-likeness (QED) is 0.547. The summed E-state index contributed by atoms with van der Waals surface area (Å²) in [4.78, 5) is 0.218. The Balaban J connectivity index is 0.000000220. The summed E-state index contributed by atoms with van der Waals surface area (Å²) in [5.41, 5.74) is 0. The molecule has 0 atom stereocenters. The van der Waals surface area contributed by atoms with E-state index in [0.717, 1.165) is 4.47 Å². The zero-order valence-corrected chi connectivity index (χ0v) is 16.9. The van der Waals surface area contributed by atoms with Crippen molar-refractivity contribution in [2.75, 3.05) is 0 Å². The molecule has 0 heterocycles. The van der Waals surface area contributed by atoms with Gasteiger partial charge < -0.3 is 0 Å². The van der Waals surface area contributed by atoms with Crippen LogP contribution in [0.2, 0.25) is 0 Å². The van der Waals surface area contributed by atoms with Crippen molar-refractivity contribution in [2.24, 2.45) is 0 Å². The molecule has 2 aromatic rings. The van der Waals surface area contributed by atoms with E-state index in [4.69, 9.17) is 21.4 Å². The normalized spacial score (nSPS) is 11.5. The minimum atomic E-state index is -3.58. The summed E-state index contributed by atoms with van der Waals surface area (Å²) in [6, 6.07) is 12.3. The average Bonchev–Trinajstić information content (AvgIpc) is 2.38. The smallest absolute Gasteiger partial charge is 0.207 e. The predicted octanol–water partition coefficient (Wildman–Crippen LogP) is 4.75. The molecule has 4 nitrogen and oxygen atoms in total. The van der Waals surface area contributed by atoms with Crippen LogP contribution >= 0.6 is 53.2 Å². The van der Waals surface area contributed by atoms with Gasteiger partial charge in [-0.05, 0) is 42.5 Å². The van der Waals surface area contributed by atoms with Gasteiger partial charge in [0.2, 0.25) is 0 Å². The fraction of sp³-hybridized carbons (Fsp3) is 0. The van der Waals surface area contributed by atoms with Crippen LogP contribution in [0.4, 0.5) is 0 Å². The molecule has 10 heteroatoms. The lowest BCUT2D eigenvalue weighted by atomic mass is 10.4. The van der Waals surface area contributed by atoms with Gasteiger partial charge in [-0.15, -0.1) is 0 Å². The Morgan fingerprint density at radius 3 is 1.55 bits per heavy atom. The van der Waals surface area contributed by atoms with Crippen LogP contribution in [0.15, 0.2) is 67.3 Å². The zero-order chi connectivity index (χ0) is 17.0. The van der Waals surface area contributed by atoms with Crippen LogP contribution in [0, 0.1) is 0 Å². The van der Waals surface area contributed by atoms with Gasteiger partial charge in [0.25, 0.3) is 18.1 Å². The average molecular weight is 511 g/mol. The maximum Gasteiger partial charge on any atom is 0.261 e. The summed E-state index contributed by atoms with van der Waals surface area (Å²) in [5.74, 6) is 0. The molecular formula is C12H8Br2Cl2O4S2. The largest absolute Gasteiger partial charge is 0.261 e. The third kappa shape index (κ3) is 6.97. The Morgan fingerprint density at radius 2 is 1.18 bits per heavy atom. The Hall–Kier alpha value is -0.120. The van der Waals surface area contributed by atoms with Crippen LogP contribution in [0.3, 0.4) is 0 Å². The second kappa shape index (κ2) is 8.12. The van der Waals surface area contributed by atoms with Gasteiger partial charge in [-0.3, -0.25) is 0 Å². The summed E-state index contributed by atoms with van der Waals surface area (Å²) < 4.78 is 44.4. The molecule has 0 saturated heterocycles. The standard InChI is InChI=1S/2C6H4BrClO2S/c7-5-1-3-6(4-2-5)11(8,9)10;7-5-2-1-3-6(4-5)11(8,9)10/h2*1-4H. The molecule has 0 aromatic heterocycles. The van der Waals surface area contributed by atoms with Crippen LogP contribution < -0.4 is 0 Å². The molecule has 2 aromatic carbocycles. The van der Waals surface area contributed by atoms with E-state index in [1.807, 2.05) is 0 Å². The molecule has 0 aliphatic rings. The number of rotatable bonds is 2. The zero-order valence-electron chi connectivity index (χ0n) is 10.6. The van der Waals surface area contributed by atoms with Crippen LogP contribution in [0.1, 0.15) is 0 Å². The SMILES string of the molecule is O=S(=O)(Cl)c1ccc(Br)cc1.O=S(=O)(Cl)c1cccc(Br)c1. The van der Waals surface area contributed by atoms with Crippen molar-refractivity contribution in [1.29, 1.82) is 0 Å². The molecular weight excluding hydrogens is 503 g/mol. The molecule has 0 unspecified atom stereocenters. The molecule has 0 spiro atoms. The van der Waals surface area contributed by atoms with Crippen molar-refractivity contribution >= 4 is 71.3 Å². The minimum absolute atomic E-state index is 0.105. The highest BCUT2D eigenvalue weighted by Gasteiger charge is 2.08. The lowest BCUT2D eigenvalue weighted by molar-refractivity contribution is 0.608. The molecule has 0 radical (unpaired) electrons. The lowest BCUT2D eigenvalue weighted by Gasteiger charge is -1.94. The van der Waals surface area contributed by atoms with Crippen LogP contribution in [-0.2, 0) is 18.1 Å². The lowest BCUT2D eigenvalue weighted by Crippen LogP contribution is -1.88. The topological polar surface area (TPSA) is 68.3 Å². The van der Waals surface area contributed by atoms with Crippen molar-refractivity contribution in [1.82, 2.24) is 0 Å². The van der Waals surface area contributed by atoms with Crippen molar-refractivity contribution in [3.8, 4) is 0 Å². The molecule has 0 aliphatic heterocycles. The first kappa shape index (κ1) is 19.9. The first-order valence-electron chi connectivity index (χ1n) is 5.40. The van der Waals surface area contributed by atoms with E-state index < -0.39 is 18.1 Å². The van der Waals surface area contributed by atoms with Crippen molar-refractivity contribution in [3.63, 3.8) is 0 Å². The van der Waals surface area contributed by atoms with Crippen molar-refractivity contribution in [3.05, 3.63) is 57.5 Å². The summed E-state index contributed by atoms with van der Waals surface area (Å²) >= 11 is 6.31. The van der Waals surface area contributed by atoms with Gasteiger partial charge in [0, 0.05) is 30.3 Å². The molecule has 0 saturated carbocycles. The van der Waals surface area contributed by atoms with Crippen LogP contribution in [0.5, 0.6) is 0 Å². The third-order valence-corrected chi connectivity index (χ3v) is 5.92. The molecule has 0 bridgehead atoms. The number of halogens is 4. The minimum Gasteiger partial charge on any atom is -0.207 e. The Kier molecular flexibility index (Phi) is 7.35. The van der Waals surface area contributed by atoms with Crippen LogP contribution in [0.25, 0.3) is 0 Å². The van der Waals surface area contributed by atoms with E-state index in [1.54, 1.807) is 24.3 Å². The molecule has 0 N–H and O–H groups in total. The first-order valence-corrected chi connectivity index (χ1v) is 11.6. The highest BCUT2D eigenvalue weighted by atomic mass is 79.9. The van der Waals surface area contributed by atoms with Crippen LogP contribution in [-0.4, -0.2) is 16.8 Å². The number of hydrogen-bond donors (Lipinski definition) is 0. The highest BCUT2D eigenvalue weighted by Crippen LogP contribution is 2.19. The Bertz CT molecular complexity index is 851.